The molecule has 9 heteroatoms. The van der Waals surface area contributed by atoms with Crippen LogP contribution in [0.4, 0.5) is 13.2 Å². The Labute approximate surface area is 166 Å². The molecule has 144 valence electrons. The first-order valence-electron chi connectivity index (χ1n) is 8.53. The van der Waals surface area contributed by atoms with E-state index in [1.54, 1.807) is 4.57 Å². The van der Waals surface area contributed by atoms with Gasteiger partial charge in [0.1, 0.15) is 5.75 Å². The standard InChI is InChI=1S/C20H11F3N4OS/c21-20(22,23)28-13-9-7-12(8-10-13)27-18(16-6-3-11-29-16)26-17-19(27)25-15-5-2-1-4-14(15)24-17/h1-11H. The van der Waals surface area contributed by atoms with Crippen LogP contribution in [0.15, 0.2) is 66.0 Å². The minimum Gasteiger partial charge on any atom is -0.406 e. The second-order valence-corrected chi connectivity index (χ2v) is 7.10. The summed E-state index contributed by atoms with van der Waals surface area (Å²) in [6.07, 6.45) is -4.74. The van der Waals surface area contributed by atoms with Crippen molar-refractivity contribution in [3.8, 4) is 22.1 Å². The second kappa shape index (κ2) is 6.56. The number of ether oxygens (including phenoxy) is 1. The molecular formula is C20H11F3N4OS. The Kier molecular flexibility index (Phi) is 3.99. The van der Waals surface area contributed by atoms with Gasteiger partial charge in [0.15, 0.2) is 17.1 Å². The van der Waals surface area contributed by atoms with E-state index in [-0.39, 0.29) is 5.75 Å². The lowest BCUT2D eigenvalue weighted by Gasteiger charge is -2.11. The SMILES string of the molecule is FC(F)(F)Oc1ccc(-n2c(-c3cccs3)nc3nc4ccccc4nc32)cc1. The molecule has 0 saturated heterocycles. The first kappa shape index (κ1) is 17.6. The van der Waals surface area contributed by atoms with Crippen LogP contribution < -0.4 is 4.74 Å². The number of fused-ring (bicyclic) bond motifs is 2. The summed E-state index contributed by atoms with van der Waals surface area (Å²) in [7, 11) is 0. The molecule has 0 aliphatic heterocycles. The van der Waals surface area contributed by atoms with Gasteiger partial charge in [-0.3, -0.25) is 4.57 Å². The van der Waals surface area contributed by atoms with Crippen LogP contribution in [-0.2, 0) is 0 Å². The van der Waals surface area contributed by atoms with E-state index in [0.717, 1.165) is 10.4 Å². The van der Waals surface area contributed by atoms with Crippen LogP contribution in [-0.4, -0.2) is 25.9 Å². The number of rotatable bonds is 3. The smallest absolute Gasteiger partial charge is 0.406 e. The quantitative estimate of drug-likeness (QED) is 0.387. The van der Waals surface area contributed by atoms with Crippen LogP contribution in [0.1, 0.15) is 0 Å². The van der Waals surface area contributed by atoms with Gasteiger partial charge in [-0.2, -0.15) is 0 Å². The lowest BCUT2D eigenvalue weighted by Crippen LogP contribution is -2.17. The van der Waals surface area contributed by atoms with Gasteiger partial charge in [0.05, 0.1) is 15.9 Å². The molecule has 5 aromatic rings. The van der Waals surface area contributed by atoms with Gasteiger partial charge in [-0.25, -0.2) is 15.0 Å². The molecule has 0 atom stereocenters. The summed E-state index contributed by atoms with van der Waals surface area (Å²) in [5, 5.41) is 1.93. The number of hydrogen-bond acceptors (Lipinski definition) is 5. The topological polar surface area (TPSA) is 52.8 Å². The first-order chi connectivity index (χ1) is 14.0. The molecule has 3 aromatic heterocycles. The number of nitrogens with zero attached hydrogens (tertiary/aromatic N) is 4. The number of para-hydroxylation sites is 2. The van der Waals surface area contributed by atoms with Crippen LogP contribution in [0.3, 0.4) is 0 Å². The van der Waals surface area contributed by atoms with E-state index in [2.05, 4.69) is 14.7 Å². The molecule has 0 aliphatic carbocycles. The third-order valence-corrected chi connectivity index (χ3v) is 5.11. The number of halogens is 3. The Morgan fingerprint density at radius 2 is 1.55 bits per heavy atom. The van der Waals surface area contributed by atoms with Gasteiger partial charge >= 0.3 is 6.36 Å². The Bertz CT molecular complexity index is 1310. The fourth-order valence-corrected chi connectivity index (χ4v) is 3.77. The van der Waals surface area contributed by atoms with E-state index >= 15 is 0 Å². The zero-order chi connectivity index (χ0) is 20.0. The summed E-state index contributed by atoms with van der Waals surface area (Å²) < 4.78 is 43.2. The molecule has 0 aliphatic rings. The molecule has 0 unspecified atom stereocenters. The van der Waals surface area contributed by atoms with Crippen molar-refractivity contribution in [2.45, 2.75) is 6.36 Å². The summed E-state index contributed by atoms with van der Waals surface area (Å²) >= 11 is 1.50. The average Bonchev–Trinajstić information content (AvgIpc) is 3.33. The molecule has 3 heterocycles. The molecule has 0 saturated carbocycles. The molecule has 0 N–H and O–H groups in total. The summed E-state index contributed by atoms with van der Waals surface area (Å²) in [5.41, 5.74) is 3.02. The number of benzene rings is 2. The van der Waals surface area contributed by atoms with Crippen molar-refractivity contribution in [2.24, 2.45) is 0 Å². The largest absolute Gasteiger partial charge is 0.573 e. The summed E-state index contributed by atoms with van der Waals surface area (Å²) in [4.78, 5) is 14.8. The maximum absolute atomic E-state index is 12.5. The number of alkyl halides is 3. The van der Waals surface area contributed by atoms with Crippen LogP contribution in [0.5, 0.6) is 5.75 Å². The monoisotopic (exact) mass is 412 g/mol. The van der Waals surface area contributed by atoms with Gasteiger partial charge in [0, 0.05) is 5.69 Å². The maximum atomic E-state index is 12.5. The summed E-state index contributed by atoms with van der Waals surface area (Å²) in [6, 6.07) is 16.9. The molecule has 0 radical (unpaired) electrons. The molecule has 5 rings (SSSR count). The average molecular weight is 412 g/mol. The normalized spacial score (nSPS) is 12.0. The minimum absolute atomic E-state index is 0.292. The molecule has 0 spiro atoms. The number of thiophene rings is 1. The Hall–Kier alpha value is -3.46. The number of hydrogen-bond donors (Lipinski definition) is 0. The maximum Gasteiger partial charge on any atom is 0.573 e. The predicted octanol–water partition coefficient (Wildman–Crippen LogP) is 5.60. The Morgan fingerprint density at radius 3 is 2.21 bits per heavy atom. The van der Waals surface area contributed by atoms with Crippen LogP contribution in [0.25, 0.3) is 38.7 Å². The van der Waals surface area contributed by atoms with Gasteiger partial charge in [-0.05, 0) is 47.8 Å². The second-order valence-electron chi connectivity index (χ2n) is 6.15. The van der Waals surface area contributed by atoms with Crippen molar-refractivity contribution >= 4 is 33.7 Å². The van der Waals surface area contributed by atoms with Crippen molar-refractivity contribution in [1.29, 1.82) is 0 Å². The third kappa shape index (κ3) is 3.29. The van der Waals surface area contributed by atoms with Crippen LogP contribution >= 0.6 is 11.3 Å². The minimum atomic E-state index is -4.74. The molecule has 5 nitrogen and oxygen atoms in total. The zero-order valence-electron chi connectivity index (χ0n) is 14.6. The van der Waals surface area contributed by atoms with E-state index in [9.17, 15) is 13.2 Å². The van der Waals surface area contributed by atoms with E-state index in [4.69, 9.17) is 4.98 Å². The highest BCUT2D eigenvalue weighted by molar-refractivity contribution is 7.13. The molecule has 0 bridgehead atoms. The van der Waals surface area contributed by atoms with Gasteiger partial charge in [-0.15, -0.1) is 24.5 Å². The van der Waals surface area contributed by atoms with Crippen molar-refractivity contribution in [1.82, 2.24) is 19.5 Å². The van der Waals surface area contributed by atoms with Crippen LogP contribution in [0.2, 0.25) is 0 Å². The van der Waals surface area contributed by atoms with Gasteiger partial charge in [0.25, 0.3) is 0 Å². The Morgan fingerprint density at radius 1 is 0.828 bits per heavy atom. The van der Waals surface area contributed by atoms with Crippen molar-refractivity contribution in [3.63, 3.8) is 0 Å². The van der Waals surface area contributed by atoms with Crippen LogP contribution in [0, 0.1) is 0 Å². The van der Waals surface area contributed by atoms with Gasteiger partial charge in [0.2, 0.25) is 0 Å². The van der Waals surface area contributed by atoms with Gasteiger partial charge < -0.3 is 4.74 Å². The van der Waals surface area contributed by atoms with Gasteiger partial charge in [-0.1, -0.05) is 18.2 Å². The van der Waals surface area contributed by atoms with E-state index in [1.807, 2.05) is 41.8 Å². The lowest BCUT2D eigenvalue weighted by molar-refractivity contribution is -0.274. The van der Waals surface area contributed by atoms with E-state index in [1.165, 1.54) is 35.6 Å². The predicted molar refractivity (Wildman–Crippen MR) is 104 cm³/mol. The lowest BCUT2D eigenvalue weighted by atomic mass is 10.3. The fourth-order valence-electron chi connectivity index (χ4n) is 3.07. The fraction of sp³-hybridized carbons (Fsp3) is 0.0500. The first-order valence-corrected chi connectivity index (χ1v) is 9.41. The summed E-state index contributed by atoms with van der Waals surface area (Å²) in [5.74, 6) is 0.328. The zero-order valence-corrected chi connectivity index (χ0v) is 15.4. The summed E-state index contributed by atoms with van der Waals surface area (Å²) in [6.45, 7) is 0. The van der Waals surface area contributed by atoms with E-state index < -0.39 is 6.36 Å². The molecule has 0 fully saturated rings. The number of imidazole rings is 1. The molecule has 2 aromatic carbocycles. The van der Waals surface area contributed by atoms with Crippen molar-refractivity contribution in [2.75, 3.05) is 0 Å². The highest BCUT2D eigenvalue weighted by Crippen LogP contribution is 2.32. The van der Waals surface area contributed by atoms with Crippen molar-refractivity contribution < 1.29 is 17.9 Å². The molecule has 29 heavy (non-hydrogen) atoms. The van der Waals surface area contributed by atoms with Crippen molar-refractivity contribution in [3.05, 3.63) is 66.0 Å². The highest BCUT2D eigenvalue weighted by atomic mass is 32.1. The number of aromatic nitrogens is 4. The molecular weight excluding hydrogens is 401 g/mol. The third-order valence-electron chi connectivity index (χ3n) is 4.24. The van der Waals surface area contributed by atoms with E-state index in [0.29, 0.717) is 28.3 Å². The highest BCUT2D eigenvalue weighted by Gasteiger charge is 2.31. The Balaban J connectivity index is 1.72. The molecule has 0 amide bonds.